The van der Waals surface area contributed by atoms with Crippen LogP contribution in [-0.4, -0.2) is 46.8 Å². The van der Waals surface area contributed by atoms with E-state index < -0.39 is 0 Å². The lowest BCUT2D eigenvalue weighted by atomic mass is 10.2. The number of hydrogen-bond donors (Lipinski definition) is 2. The molecule has 0 saturated carbocycles. The monoisotopic (exact) mass is 300 g/mol. The molecule has 6 nitrogen and oxygen atoms in total. The Morgan fingerprint density at radius 2 is 1.91 bits per heavy atom. The van der Waals surface area contributed by atoms with Crippen LogP contribution in [0, 0.1) is 6.92 Å². The number of nitrogens with one attached hydrogen (secondary N) is 2. The van der Waals surface area contributed by atoms with E-state index >= 15 is 0 Å². The summed E-state index contributed by atoms with van der Waals surface area (Å²) in [5.74, 6) is -0.119. The third-order valence-corrected chi connectivity index (χ3v) is 3.87. The Labute approximate surface area is 128 Å². The molecule has 1 aromatic heterocycles. The van der Waals surface area contributed by atoms with Crippen molar-refractivity contribution in [3.63, 3.8) is 0 Å². The number of carbonyl (C=O) groups excluding carboxylic acids is 1. The first kappa shape index (κ1) is 14.6. The number of benzene rings is 1. The van der Waals surface area contributed by atoms with Crippen molar-refractivity contribution >= 4 is 5.91 Å². The first-order valence-electron chi connectivity index (χ1n) is 7.54. The van der Waals surface area contributed by atoms with Crippen LogP contribution < -0.4 is 10.9 Å². The summed E-state index contributed by atoms with van der Waals surface area (Å²) in [6, 6.07) is 8.96. The third-order valence-electron chi connectivity index (χ3n) is 3.87. The Kier molecular flexibility index (Phi) is 4.11. The van der Waals surface area contributed by atoms with E-state index in [1.807, 2.05) is 31.2 Å². The van der Waals surface area contributed by atoms with Gasteiger partial charge in [0.1, 0.15) is 5.69 Å². The Bertz CT molecular complexity index is 706. The molecule has 0 radical (unpaired) electrons. The number of rotatable bonds is 2. The number of carbonyl (C=O) groups is 1. The van der Waals surface area contributed by atoms with Crippen LogP contribution in [-0.2, 0) is 0 Å². The third kappa shape index (κ3) is 2.96. The van der Waals surface area contributed by atoms with Crippen LogP contribution in [0.2, 0.25) is 0 Å². The Morgan fingerprint density at radius 3 is 2.68 bits per heavy atom. The molecule has 0 bridgehead atoms. The van der Waals surface area contributed by atoms with Gasteiger partial charge >= 0.3 is 0 Å². The molecular formula is C16H20N4O2. The van der Waals surface area contributed by atoms with E-state index in [2.05, 4.69) is 10.4 Å². The van der Waals surface area contributed by atoms with Gasteiger partial charge in [-0.2, -0.15) is 0 Å². The van der Waals surface area contributed by atoms with Crippen LogP contribution in [0.3, 0.4) is 0 Å². The van der Waals surface area contributed by atoms with Gasteiger partial charge in [-0.3, -0.25) is 14.7 Å². The van der Waals surface area contributed by atoms with Crippen LogP contribution in [0.25, 0.3) is 5.69 Å². The molecule has 2 N–H and O–H groups in total. The van der Waals surface area contributed by atoms with E-state index in [1.54, 1.807) is 4.90 Å². The average molecular weight is 300 g/mol. The summed E-state index contributed by atoms with van der Waals surface area (Å²) in [5.41, 5.74) is 1.97. The molecule has 1 fully saturated rings. The first-order chi connectivity index (χ1) is 10.6. The zero-order valence-corrected chi connectivity index (χ0v) is 12.6. The van der Waals surface area contributed by atoms with Crippen molar-refractivity contribution in [3.05, 3.63) is 51.9 Å². The molecule has 22 heavy (non-hydrogen) atoms. The predicted octanol–water partition coefficient (Wildman–Crippen LogP) is 0.910. The van der Waals surface area contributed by atoms with Crippen LogP contribution >= 0.6 is 0 Å². The highest BCUT2D eigenvalue weighted by Gasteiger charge is 2.20. The lowest BCUT2D eigenvalue weighted by Crippen LogP contribution is -2.34. The predicted molar refractivity (Wildman–Crippen MR) is 84.5 cm³/mol. The fourth-order valence-electron chi connectivity index (χ4n) is 2.61. The second-order valence-corrected chi connectivity index (χ2v) is 5.57. The van der Waals surface area contributed by atoms with Gasteiger partial charge in [-0.05, 0) is 32.0 Å². The van der Waals surface area contributed by atoms with Gasteiger partial charge < -0.3 is 10.2 Å². The fourth-order valence-corrected chi connectivity index (χ4v) is 2.61. The molecule has 1 saturated heterocycles. The lowest BCUT2D eigenvalue weighted by molar-refractivity contribution is 0.0760. The first-order valence-corrected chi connectivity index (χ1v) is 7.54. The highest BCUT2D eigenvalue weighted by Crippen LogP contribution is 2.08. The van der Waals surface area contributed by atoms with Gasteiger partial charge in [0.2, 0.25) is 0 Å². The second-order valence-electron chi connectivity index (χ2n) is 5.57. The van der Waals surface area contributed by atoms with Gasteiger partial charge in [-0.15, -0.1) is 0 Å². The van der Waals surface area contributed by atoms with E-state index in [9.17, 15) is 9.59 Å². The van der Waals surface area contributed by atoms with Crippen LogP contribution in [0.1, 0.15) is 22.5 Å². The quantitative estimate of drug-likeness (QED) is 0.866. The Morgan fingerprint density at radius 1 is 1.14 bits per heavy atom. The molecule has 0 atom stereocenters. The fraction of sp³-hybridized carbons (Fsp3) is 0.375. The molecular weight excluding hydrogens is 280 g/mol. The van der Waals surface area contributed by atoms with Gasteiger partial charge in [0.15, 0.2) is 0 Å². The number of aromatic nitrogens is 2. The minimum atomic E-state index is -0.222. The SMILES string of the molecule is Cc1ccc(-n2[nH]c(C(=O)N3CCCNCC3)cc2=O)cc1. The number of hydrogen-bond acceptors (Lipinski definition) is 3. The maximum absolute atomic E-state index is 12.5. The summed E-state index contributed by atoms with van der Waals surface area (Å²) in [6.07, 6.45) is 0.925. The summed E-state index contributed by atoms with van der Waals surface area (Å²) in [7, 11) is 0. The number of H-pyrrole nitrogens is 1. The standard InChI is InChI=1S/C16H20N4O2/c1-12-3-5-13(6-4-12)20-15(21)11-14(18-20)16(22)19-9-2-7-17-8-10-19/h3-6,11,17-18H,2,7-10H2,1H3. The molecule has 0 spiro atoms. The highest BCUT2D eigenvalue weighted by molar-refractivity contribution is 5.92. The number of aromatic amines is 1. The summed E-state index contributed by atoms with van der Waals surface area (Å²) in [6.45, 7) is 5.07. The van der Waals surface area contributed by atoms with Crippen LogP contribution in [0.4, 0.5) is 0 Å². The van der Waals surface area contributed by atoms with E-state index in [0.717, 1.165) is 30.8 Å². The minimum absolute atomic E-state index is 0.119. The van der Waals surface area contributed by atoms with E-state index in [1.165, 1.54) is 10.7 Å². The van der Waals surface area contributed by atoms with Crippen molar-refractivity contribution in [2.24, 2.45) is 0 Å². The molecule has 1 aromatic carbocycles. The Hall–Kier alpha value is -2.34. The smallest absolute Gasteiger partial charge is 0.271 e. The molecule has 1 aliphatic heterocycles. The largest absolute Gasteiger partial charge is 0.336 e. The molecule has 1 amide bonds. The number of amides is 1. The molecule has 1 aliphatic rings. The van der Waals surface area contributed by atoms with Gasteiger partial charge in [0.05, 0.1) is 5.69 Å². The Balaban J connectivity index is 1.86. The van der Waals surface area contributed by atoms with E-state index in [4.69, 9.17) is 0 Å². The zero-order valence-electron chi connectivity index (χ0n) is 12.6. The molecule has 3 rings (SSSR count). The van der Waals surface area contributed by atoms with E-state index in [0.29, 0.717) is 18.8 Å². The van der Waals surface area contributed by atoms with Crippen molar-refractivity contribution in [1.82, 2.24) is 20.0 Å². The van der Waals surface area contributed by atoms with Crippen LogP contribution in [0.5, 0.6) is 0 Å². The summed E-state index contributed by atoms with van der Waals surface area (Å²) in [5, 5.41) is 6.19. The van der Waals surface area contributed by atoms with Gasteiger partial charge in [-0.25, -0.2) is 4.68 Å². The van der Waals surface area contributed by atoms with Crippen molar-refractivity contribution in [2.75, 3.05) is 26.2 Å². The van der Waals surface area contributed by atoms with Gasteiger partial charge in [0.25, 0.3) is 11.5 Å². The van der Waals surface area contributed by atoms with Crippen molar-refractivity contribution in [3.8, 4) is 5.69 Å². The number of aryl methyl sites for hydroxylation is 1. The average Bonchev–Trinajstić information content (AvgIpc) is 2.74. The summed E-state index contributed by atoms with van der Waals surface area (Å²) < 4.78 is 1.41. The normalized spacial score (nSPS) is 15.6. The highest BCUT2D eigenvalue weighted by atomic mass is 16.2. The molecule has 0 aliphatic carbocycles. The second kappa shape index (κ2) is 6.19. The lowest BCUT2D eigenvalue weighted by Gasteiger charge is -2.18. The molecule has 6 heteroatoms. The van der Waals surface area contributed by atoms with Gasteiger partial charge in [-0.1, -0.05) is 17.7 Å². The molecule has 116 valence electrons. The molecule has 2 aromatic rings. The van der Waals surface area contributed by atoms with Crippen molar-refractivity contribution < 1.29 is 4.79 Å². The molecule has 2 heterocycles. The summed E-state index contributed by atoms with van der Waals surface area (Å²) >= 11 is 0. The zero-order chi connectivity index (χ0) is 15.5. The maximum Gasteiger partial charge on any atom is 0.271 e. The maximum atomic E-state index is 12.5. The van der Waals surface area contributed by atoms with Crippen molar-refractivity contribution in [1.29, 1.82) is 0 Å². The van der Waals surface area contributed by atoms with Crippen LogP contribution in [0.15, 0.2) is 35.1 Å². The molecule has 0 unspecified atom stereocenters. The number of nitrogens with zero attached hydrogens (tertiary/aromatic N) is 2. The topological polar surface area (TPSA) is 70.1 Å². The summed E-state index contributed by atoms with van der Waals surface area (Å²) in [4.78, 5) is 26.4. The van der Waals surface area contributed by atoms with E-state index in [-0.39, 0.29) is 11.5 Å². The van der Waals surface area contributed by atoms with Gasteiger partial charge in [0, 0.05) is 25.7 Å². The van der Waals surface area contributed by atoms with Crippen molar-refractivity contribution in [2.45, 2.75) is 13.3 Å². The minimum Gasteiger partial charge on any atom is -0.336 e.